The van der Waals surface area contributed by atoms with E-state index in [0.29, 0.717) is 6.42 Å². The zero-order valence-corrected chi connectivity index (χ0v) is 13.2. The SMILES string of the molecule is CCCc1ccc(NC(=O)Cc2c(C)nn(C)c2C)cc1. The van der Waals surface area contributed by atoms with Crippen LogP contribution in [-0.4, -0.2) is 15.7 Å². The smallest absolute Gasteiger partial charge is 0.228 e. The largest absolute Gasteiger partial charge is 0.326 e. The van der Waals surface area contributed by atoms with Gasteiger partial charge in [-0.2, -0.15) is 5.10 Å². The lowest BCUT2D eigenvalue weighted by atomic mass is 10.1. The van der Waals surface area contributed by atoms with Crippen molar-refractivity contribution in [3.63, 3.8) is 0 Å². The second-order valence-corrected chi connectivity index (χ2v) is 5.44. The Hall–Kier alpha value is -2.10. The second-order valence-electron chi connectivity index (χ2n) is 5.44. The number of hydrogen-bond donors (Lipinski definition) is 1. The van der Waals surface area contributed by atoms with Crippen LogP contribution in [0, 0.1) is 13.8 Å². The van der Waals surface area contributed by atoms with Gasteiger partial charge in [-0.3, -0.25) is 9.48 Å². The monoisotopic (exact) mass is 285 g/mol. The van der Waals surface area contributed by atoms with Gasteiger partial charge in [0.1, 0.15) is 0 Å². The molecule has 1 N–H and O–H groups in total. The fourth-order valence-corrected chi connectivity index (χ4v) is 2.48. The summed E-state index contributed by atoms with van der Waals surface area (Å²) in [4.78, 5) is 12.2. The summed E-state index contributed by atoms with van der Waals surface area (Å²) >= 11 is 0. The molecule has 0 spiro atoms. The van der Waals surface area contributed by atoms with Gasteiger partial charge < -0.3 is 5.32 Å². The molecule has 0 fully saturated rings. The van der Waals surface area contributed by atoms with E-state index in [4.69, 9.17) is 0 Å². The Balaban J connectivity index is 2.01. The summed E-state index contributed by atoms with van der Waals surface area (Å²) in [6.07, 6.45) is 2.57. The van der Waals surface area contributed by atoms with Gasteiger partial charge in [-0.1, -0.05) is 25.5 Å². The number of nitrogens with one attached hydrogen (secondary N) is 1. The lowest BCUT2D eigenvalue weighted by Crippen LogP contribution is -2.15. The predicted octanol–water partition coefficient (Wildman–Crippen LogP) is 3.17. The maximum Gasteiger partial charge on any atom is 0.228 e. The standard InChI is InChI=1S/C17H23N3O/c1-5-6-14-7-9-15(10-8-14)18-17(21)11-16-12(2)19-20(4)13(16)3/h7-10H,5-6,11H2,1-4H3,(H,18,21). The van der Waals surface area contributed by atoms with Crippen molar-refractivity contribution in [1.29, 1.82) is 0 Å². The Kier molecular flexibility index (Phi) is 4.78. The molecule has 0 aliphatic carbocycles. The van der Waals surface area contributed by atoms with Crippen LogP contribution in [0.4, 0.5) is 5.69 Å². The minimum atomic E-state index is -0.00237. The topological polar surface area (TPSA) is 46.9 Å². The van der Waals surface area contributed by atoms with E-state index in [1.165, 1.54) is 5.56 Å². The number of rotatable bonds is 5. The average Bonchev–Trinajstić information content (AvgIpc) is 2.68. The quantitative estimate of drug-likeness (QED) is 0.917. The summed E-state index contributed by atoms with van der Waals surface area (Å²) in [6, 6.07) is 8.07. The van der Waals surface area contributed by atoms with Crippen molar-refractivity contribution in [2.24, 2.45) is 7.05 Å². The number of hydrogen-bond acceptors (Lipinski definition) is 2. The lowest BCUT2D eigenvalue weighted by Gasteiger charge is -2.07. The Morgan fingerprint density at radius 1 is 1.24 bits per heavy atom. The first-order chi connectivity index (χ1) is 10.0. The van der Waals surface area contributed by atoms with Crippen LogP contribution in [-0.2, 0) is 24.7 Å². The molecule has 0 saturated heterocycles. The molecular formula is C17H23N3O. The van der Waals surface area contributed by atoms with Crippen LogP contribution in [0.3, 0.4) is 0 Å². The van der Waals surface area contributed by atoms with Crippen molar-refractivity contribution in [2.45, 2.75) is 40.0 Å². The molecule has 1 amide bonds. The van der Waals surface area contributed by atoms with E-state index in [-0.39, 0.29) is 5.91 Å². The van der Waals surface area contributed by atoms with Crippen molar-refractivity contribution in [1.82, 2.24) is 9.78 Å². The van der Waals surface area contributed by atoms with Crippen LogP contribution in [0.5, 0.6) is 0 Å². The van der Waals surface area contributed by atoms with Gasteiger partial charge in [0.25, 0.3) is 0 Å². The van der Waals surface area contributed by atoms with Crippen LogP contribution < -0.4 is 5.32 Å². The van der Waals surface area contributed by atoms with Crippen molar-refractivity contribution in [2.75, 3.05) is 5.32 Å². The fourth-order valence-electron chi connectivity index (χ4n) is 2.48. The van der Waals surface area contributed by atoms with Crippen molar-refractivity contribution in [3.8, 4) is 0 Å². The van der Waals surface area contributed by atoms with Crippen LogP contribution in [0.25, 0.3) is 0 Å². The molecular weight excluding hydrogens is 262 g/mol. The number of amides is 1. The maximum absolute atomic E-state index is 12.2. The molecule has 2 rings (SSSR count). The number of benzene rings is 1. The molecule has 0 bridgehead atoms. The second kappa shape index (κ2) is 6.57. The highest BCUT2D eigenvalue weighted by Gasteiger charge is 2.13. The van der Waals surface area contributed by atoms with Gasteiger partial charge in [0.2, 0.25) is 5.91 Å². The van der Waals surface area contributed by atoms with Gasteiger partial charge >= 0.3 is 0 Å². The third kappa shape index (κ3) is 3.72. The molecule has 0 saturated carbocycles. The van der Waals surface area contributed by atoms with Crippen LogP contribution in [0.15, 0.2) is 24.3 Å². The maximum atomic E-state index is 12.2. The van der Waals surface area contributed by atoms with E-state index in [0.717, 1.165) is 35.5 Å². The first-order valence-corrected chi connectivity index (χ1v) is 7.39. The highest BCUT2D eigenvalue weighted by Crippen LogP contribution is 2.15. The number of carbonyl (C=O) groups excluding carboxylic acids is 1. The first kappa shape index (κ1) is 15.3. The van der Waals surface area contributed by atoms with Crippen molar-refractivity contribution in [3.05, 3.63) is 46.8 Å². The Morgan fingerprint density at radius 2 is 1.90 bits per heavy atom. The van der Waals surface area contributed by atoms with Crippen LogP contribution in [0.1, 0.15) is 35.9 Å². The van der Waals surface area contributed by atoms with Gasteiger partial charge in [-0.15, -0.1) is 0 Å². The summed E-state index contributed by atoms with van der Waals surface area (Å²) in [5.74, 6) is -0.00237. The molecule has 0 unspecified atom stereocenters. The summed E-state index contributed by atoms with van der Waals surface area (Å²) < 4.78 is 1.82. The van der Waals surface area contributed by atoms with E-state index >= 15 is 0 Å². The molecule has 21 heavy (non-hydrogen) atoms. The average molecular weight is 285 g/mol. The molecule has 0 aliphatic heterocycles. The van der Waals surface area contributed by atoms with E-state index in [1.54, 1.807) is 0 Å². The third-order valence-electron chi connectivity index (χ3n) is 3.77. The Bertz CT molecular complexity index is 626. The summed E-state index contributed by atoms with van der Waals surface area (Å²) in [5.41, 5.74) is 5.12. The van der Waals surface area contributed by atoms with Crippen LogP contribution in [0.2, 0.25) is 0 Å². The van der Waals surface area contributed by atoms with Gasteiger partial charge in [0.15, 0.2) is 0 Å². The molecule has 0 radical (unpaired) electrons. The zero-order chi connectivity index (χ0) is 15.4. The molecule has 4 heteroatoms. The molecule has 0 atom stereocenters. The van der Waals surface area contributed by atoms with E-state index in [1.807, 2.05) is 37.7 Å². The van der Waals surface area contributed by atoms with Gasteiger partial charge in [-0.25, -0.2) is 0 Å². The van der Waals surface area contributed by atoms with Gasteiger partial charge in [0, 0.05) is 24.0 Å². The molecule has 2 aromatic rings. The Morgan fingerprint density at radius 3 is 2.43 bits per heavy atom. The highest BCUT2D eigenvalue weighted by atomic mass is 16.1. The predicted molar refractivity (Wildman–Crippen MR) is 85.5 cm³/mol. The number of carbonyl (C=O) groups is 1. The molecule has 1 aromatic heterocycles. The molecule has 1 heterocycles. The molecule has 1 aromatic carbocycles. The van der Waals surface area contributed by atoms with E-state index in [9.17, 15) is 4.79 Å². The van der Waals surface area contributed by atoms with Crippen LogP contribution >= 0.6 is 0 Å². The first-order valence-electron chi connectivity index (χ1n) is 7.39. The third-order valence-corrected chi connectivity index (χ3v) is 3.77. The fraction of sp³-hybridized carbons (Fsp3) is 0.412. The van der Waals surface area contributed by atoms with Gasteiger partial charge in [-0.05, 0) is 38.0 Å². The summed E-state index contributed by atoms with van der Waals surface area (Å²) in [7, 11) is 1.90. The molecule has 0 aliphatic rings. The summed E-state index contributed by atoms with van der Waals surface area (Å²) in [5, 5.41) is 7.29. The Labute approximate surface area is 126 Å². The van der Waals surface area contributed by atoms with E-state index < -0.39 is 0 Å². The van der Waals surface area contributed by atoms with Crippen molar-refractivity contribution < 1.29 is 4.79 Å². The van der Waals surface area contributed by atoms with Crippen molar-refractivity contribution >= 4 is 11.6 Å². The lowest BCUT2D eigenvalue weighted by molar-refractivity contribution is -0.115. The number of aromatic nitrogens is 2. The minimum Gasteiger partial charge on any atom is -0.326 e. The molecule has 112 valence electrons. The highest BCUT2D eigenvalue weighted by molar-refractivity contribution is 5.92. The normalized spacial score (nSPS) is 10.7. The number of aryl methyl sites for hydroxylation is 3. The minimum absolute atomic E-state index is 0.00237. The number of anilines is 1. The zero-order valence-electron chi connectivity index (χ0n) is 13.2. The van der Waals surface area contributed by atoms with E-state index in [2.05, 4.69) is 29.5 Å². The number of nitrogens with zero attached hydrogens (tertiary/aromatic N) is 2. The molecule has 4 nitrogen and oxygen atoms in total. The van der Waals surface area contributed by atoms with Gasteiger partial charge in [0.05, 0.1) is 12.1 Å². The summed E-state index contributed by atoms with van der Waals surface area (Å²) in [6.45, 7) is 6.09.